The van der Waals surface area contributed by atoms with E-state index >= 15 is 0 Å². The lowest BCUT2D eigenvalue weighted by atomic mass is 9.97. The van der Waals surface area contributed by atoms with Crippen molar-refractivity contribution in [2.24, 2.45) is 11.8 Å². The van der Waals surface area contributed by atoms with Crippen LogP contribution in [0.4, 0.5) is 0 Å². The third-order valence-corrected chi connectivity index (χ3v) is 4.59. The highest BCUT2D eigenvalue weighted by atomic mass is 32.1. The first-order valence-corrected chi connectivity index (χ1v) is 7.73. The number of nitrogens with zero attached hydrogens (tertiary/aromatic N) is 2. The Hall–Kier alpha value is -1.01. The van der Waals surface area contributed by atoms with Gasteiger partial charge >= 0.3 is 0 Å². The number of amides is 1. The number of carbonyl (C=O) groups excluding carboxylic acids is 1. The van der Waals surface area contributed by atoms with Crippen molar-refractivity contribution in [3.63, 3.8) is 0 Å². The van der Waals surface area contributed by atoms with Gasteiger partial charge in [0, 0.05) is 13.2 Å². The maximum Gasteiger partial charge on any atom is 0.264 e. The Balaban J connectivity index is 1.88. The highest BCUT2D eigenvalue weighted by molar-refractivity contribution is 7.08. The van der Waals surface area contributed by atoms with Gasteiger partial charge in [-0.2, -0.15) is 0 Å². The van der Waals surface area contributed by atoms with E-state index in [1.807, 2.05) is 0 Å². The second-order valence-corrected chi connectivity index (χ2v) is 5.90. The Morgan fingerprint density at radius 2 is 2.26 bits per heavy atom. The molecular weight excluding hydrogens is 262 g/mol. The second kappa shape index (κ2) is 6.96. The molecule has 1 aromatic heterocycles. The Labute approximate surface area is 117 Å². The van der Waals surface area contributed by atoms with Crippen molar-refractivity contribution in [1.82, 2.24) is 14.9 Å². The molecule has 106 valence electrons. The SMILES string of the molecule is CCCc1nnsc1C(=O)NCC1CCCC1CO. The molecule has 1 fully saturated rings. The first-order chi connectivity index (χ1) is 9.26. The number of rotatable bonds is 6. The molecule has 2 unspecified atom stereocenters. The maximum absolute atomic E-state index is 12.1. The molecule has 0 aromatic carbocycles. The van der Waals surface area contributed by atoms with E-state index in [4.69, 9.17) is 0 Å². The summed E-state index contributed by atoms with van der Waals surface area (Å²) in [5.74, 6) is 0.682. The van der Waals surface area contributed by atoms with E-state index in [-0.39, 0.29) is 12.5 Å². The number of aliphatic hydroxyl groups excluding tert-OH is 1. The van der Waals surface area contributed by atoms with Crippen LogP contribution in [-0.2, 0) is 6.42 Å². The predicted molar refractivity (Wildman–Crippen MR) is 74.2 cm³/mol. The van der Waals surface area contributed by atoms with E-state index in [1.54, 1.807) is 0 Å². The summed E-state index contributed by atoms with van der Waals surface area (Å²) < 4.78 is 3.86. The summed E-state index contributed by atoms with van der Waals surface area (Å²) in [5.41, 5.74) is 0.801. The van der Waals surface area contributed by atoms with Gasteiger partial charge in [-0.25, -0.2) is 0 Å². The molecule has 5 nitrogen and oxygen atoms in total. The van der Waals surface area contributed by atoms with Crippen LogP contribution in [0.25, 0.3) is 0 Å². The summed E-state index contributed by atoms with van der Waals surface area (Å²) in [5, 5.41) is 16.2. The van der Waals surface area contributed by atoms with E-state index in [0.717, 1.165) is 49.3 Å². The van der Waals surface area contributed by atoms with Crippen LogP contribution in [0, 0.1) is 11.8 Å². The molecule has 2 rings (SSSR count). The standard InChI is InChI=1S/C13H21N3O2S/c1-2-4-11-12(19-16-15-11)13(18)14-7-9-5-3-6-10(9)8-17/h9-10,17H,2-8H2,1H3,(H,14,18). The van der Waals surface area contributed by atoms with Crippen molar-refractivity contribution in [3.8, 4) is 0 Å². The van der Waals surface area contributed by atoms with Gasteiger partial charge in [0.25, 0.3) is 5.91 Å². The fourth-order valence-electron chi connectivity index (χ4n) is 2.71. The van der Waals surface area contributed by atoms with Crippen molar-refractivity contribution in [3.05, 3.63) is 10.6 Å². The monoisotopic (exact) mass is 283 g/mol. The number of carbonyl (C=O) groups is 1. The maximum atomic E-state index is 12.1. The quantitative estimate of drug-likeness (QED) is 0.832. The Bertz CT molecular complexity index is 422. The Morgan fingerprint density at radius 1 is 1.47 bits per heavy atom. The number of aliphatic hydroxyl groups is 1. The van der Waals surface area contributed by atoms with Crippen LogP contribution in [0.15, 0.2) is 0 Å². The average molecular weight is 283 g/mol. The van der Waals surface area contributed by atoms with Crippen LogP contribution in [0.2, 0.25) is 0 Å². The third kappa shape index (κ3) is 3.51. The summed E-state index contributed by atoms with van der Waals surface area (Å²) in [7, 11) is 0. The van der Waals surface area contributed by atoms with Crippen LogP contribution in [0.1, 0.15) is 48.0 Å². The van der Waals surface area contributed by atoms with Gasteiger partial charge in [-0.3, -0.25) is 4.79 Å². The molecule has 1 aliphatic carbocycles. The molecule has 0 radical (unpaired) electrons. The van der Waals surface area contributed by atoms with E-state index < -0.39 is 0 Å². The first-order valence-electron chi connectivity index (χ1n) is 6.96. The predicted octanol–water partition coefficient (Wildman–Crippen LogP) is 1.63. The zero-order chi connectivity index (χ0) is 13.7. The zero-order valence-electron chi connectivity index (χ0n) is 11.3. The summed E-state index contributed by atoms with van der Waals surface area (Å²) in [6, 6.07) is 0. The van der Waals surface area contributed by atoms with Gasteiger partial charge in [-0.15, -0.1) is 5.10 Å². The van der Waals surface area contributed by atoms with Gasteiger partial charge in [-0.1, -0.05) is 24.3 Å². The van der Waals surface area contributed by atoms with Crippen molar-refractivity contribution in [2.75, 3.05) is 13.2 Å². The number of hydrogen-bond acceptors (Lipinski definition) is 5. The summed E-state index contributed by atoms with van der Waals surface area (Å²) in [6.07, 6.45) is 5.06. The van der Waals surface area contributed by atoms with Crippen molar-refractivity contribution < 1.29 is 9.90 Å². The molecule has 1 amide bonds. The molecule has 1 heterocycles. The van der Waals surface area contributed by atoms with Crippen LogP contribution in [-0.4, -0.2) is 33.8 Å². The van der Waals surface area contributed by atoms with Gasteiger partial charge in [0.15, 0.2) is 0 Å². The van der Waals surface area contributed by atoms with Gasteiger partial charge in [0.05, 0.1) is 5.69 Å². The highest BCUT2D eigenvalue weighted by Crippen LogP contribution is 2.30. The smallest absolute Gasteiger partial charge is 0.264 e. The van der Waals surface area contributed by atoms with Gasteiger partial charge in [0.1, 0.15) is 4.88 Å². The van der Waals surface area contributed by atoms with Gasteiger partial charge in [-0.05, 0) is 42.6 Å². The molecule has 2 N–H and O–H groups in total. The Kier molecular flexibility index (Phi) is 5.27. The van der Waals surface area contributed by atoms with Crippen molar-refractivity contribution in [2.45, 2.75) is 39.0 Å². The summed E-state index contributed by atoms with van der Waals surface area (Å²) >= 11 is 1.16. The van der Waals surface area contributed by atoms with Crippen LogP contribution in [0.5, 0.6) is 0 Å². The molecule has 6 heteroatoms. The number of aromatic nitrogens is 2. The second-order valence-electron chi connectivity index (χ2n) is 5.14. The van der Waals surface area contributed by atoms with E-state index in [1.165, 1.54) is 0 Å². The third-order valence-electron chi connectivity index (χ3n) is 3.82. The molecule has 0 bridgehead atoms. The Morgan fingerprint density at radius 3 is 3.00 bits per heavy atom. The molecule has 0 spiro atoms. The molecule has 2 atom stereocenters. The fourth-order valence-corrected chi connectivity index (χ4v) is 3.33. The van der Waals surface area contributed by atoms with E-state index in [0.29, 0.717) is 23.3 Å². The van der Waals surface area contributed by atoms with Crippen LogP contribution < -0.4 is 5.32 Å². The lowest BCUT2D eigenvalue weighted by Crippen LogP contribution is -2.31. The molecule has 1 aromatic rings. The number of hydrogen-bond donors (Lipinski definition) is 2. The number of aryl methyl sites for hydroxylation is 1. The molecule has 0 saturated heterocycles. The molecule has 1 saturated carbocycles. The molecular formula is C13H21N3O2S. The average Bonchev–Trinajstić information content (AvgIpc) is 3.04. The van der Waals surface area contributed by atoms with Gasteiger partial charge < -0.3 is 10.4 Å². The fraction of sp³-hybridized carbons (Fsp3) is 0.769. The first kappa shape index (κ1) is 14.4. The van der Waals surface area contributed by atoms with E-state index in [9.17, 15) is 9.90 Å². The van der Waals surface area contributed by atoms with E-state index in [2.05, 4.69) is 21.8 Å². The molecule has 19 heavy (non-hydrogen) atoms. The largest absolute Gasteiger partial charge is 0.396 e. The lowest BCUT2D eigenvalue weighted by molar-refractivity contribution is 0.0940. The zero-order valence-corrected chi connectivity index (χ0v) is 12.1. The van der Waals surface area contributed by atoms with Gasteiger partial charge in [0.2, 0.25) is 0 Å². The normalized spacial score (nSPS) is 22.6. The lowest BCUT2D eigenvalue weighted by Gasteiger charge is -2.17. The summed E-state index contributed by atoms with van der Waals surface area (Å²) in [6.45, 7) is 2.93. The molecule has 0 aliphatic heterocycles. The minimum Gasteiger partial charge on any atom is -0.396 e. The summed E-state index contributed by atoms with van der Waals surface area (Å²) in [4.78, 5) is 12.7. The van der Waals surface area contributed by atoms with Crippen LogP contribution in [0.3, 0.4) is 0 Å². The topological polar surface area (TPSA) is 75.1 Å². The van der Waals surface area contributed by atoms with Crippen LogP contribution >= 0.6 is 11.5 Å². The van der Waals surface area contributed by atoms with Crippen molar-refractivity contribution >= 4 is 17.4 Å². The van der Waals surface area contributed by atoms with Crippen molar-refractivity contribution in [1.29, 1.82) is 0 Å². The number of nitrogens with one attached hydrogen (secondary N) is 1. The highest BCUT2D eigenvalue weighted by Gasteiger charge is 2.27. The molecule has 1 aliphatic rings. The minimum atomic E-state index is -0.0676. The minimum absolute atomic E-state index is 0.0676.